The van der Waals surface area contributed by atoms with Gasteiger partial charge in [0.15, 0.2) is 0 Å². The van der Waals surface area contributed by atoms with Crippen LogP contribution in [0.1, 0.15) is 117 Å². The molecule has 0 aliphatic rings. The van der Waals surface area contributed by atoms with E-state index in [1.807, 2.05) is 0 Å². The first-order valence-corrected chi connectivity index (χ1v) is 11.8. The first-order valence-electron chi connectivity index (χ1n) is 10.6. The number of unbranched alkanes of at least 4 members (excludes halogenated alkanes) is 14. The monoisotopic (exact) mass is 386 g/mol. The van der Waals surface area contributed by atoms with Gasteiger partial charge in [-0.25, -0.2) is 0 Å². The van der Waals surface area contributed by atoms with Gasteiger partial charge in [0.1, 0.15) is 0 Å². The molecule has 0 saturated carbocycles. The van der Waals surface area contributed by atoms with Gasteiger partial charge in [-0.1, -0.05) is 104 Å². The molecule has 0 spiro atoms. The van der Waals surface area contributed by atoms with E-state index < -0.39 is 8.25 Å². The Morgan fingerprint density at radius 3 is 1.12 bits per heavy atom. The van der Waals surface area contributed by atoms with Crippen LogP contribution in [0.2, 0.25) is 0 Å². The maximum absolute atomic E-state index is 11.6. The summed E-state index contributed by atoms with van der Waals surface area (Å²) in [5, 5.41) is 0. The van der Waals surface area contributed by atoms with Gasteiger partial charge in [0, 0.05) is 0 Å². The first kappa shape index (κ1) is 28.4. The average molecular weight is 387 g/mol. The van der Waals surface area contributed by atoms with Crippen LogP contribution in [0.4, 0.5) is 0 Å². The number of hydrogen-bond acceptors (Lipinski definition) is 3. The van der Waals surface area contributed by atoms with E-state index in [2.05, 4.69) is 13.8 Å². The summed E-state index contributed by atoms with van der Waals surface area (Å²) in [7, 11) is -2.25. The summed E-state index contributed by atoms with van der Waals surface area (Å²) in [6, 6.07) is 0. The molecule has 0 radical (unpaired) electrons. The predicted molar refractivity (Wildman–Crippen MR) is 113 cm³/mol. The summed E-state index contributed by atoms with van der Waals surface area (Å²) in [5.41, 5.74) is 0. The Morgan fingerprint density at radius 2 is 0.800 bits per heavy atom. The van der Waals surface area contributed by atoms with Crippen LogP contribution in [-0.4, -0.2) is 42.8 Å². The van der Waals surface area contributed by atoms with Crippen molar-refractivity contribution >= 4 is 37.8 Å². The van der Waals surface area contributed by atoms with Crippen molar-refractivity contribution in [1.82, 2.24) is 0 Å². The van der Waals surface area contributed by atoms with Crippen LogP contribution in [-0.2, 0) is 13.6 Å². The Morgan fingerprint density at radius 1 is 0.520 bits per heavy atom. The molecule has 25 heavy (non-hydrogen) atoms. The third kappa shape index (κ3) is 25.2. The molecule has 0 fully saturated rings. The van der Waals surface area contributed by atoms with Crippen LogP contribution in [0.15, 0.2) is 0 Å². The standard InChI is InChI=1S/C20H43O3P.Na.H/c1-3-5-7-9-11-13-15-17-19-22-24(21)23-20-18-16-14-12-10-8-6-4-2;;/h24H,3-20H2,1-2H3;;. The zero-order valence-corrected chi connectivity index (χ0v) is 17.5. The van der Waals surface area contributed by atoms with Crippen molar-refractivity contribution < 1.29 is 13.6 Å². The minimum atomic E-state index is -2.25. The van der Waals surface area contributed by atoms with Crippen molar-refractivity contribution in [3.8, 4) is 0 Å². The van der Waals surface area contributed by atoms with E-state index in [1.54, 1.807) is 0 Å². The molecule has 148 valence electrons. The Hall–Kier alpha value is 1.15. The summed E-state index contributed by atoms with van der Waals surface area (Å²) in [4.78, 5) is 0. The Kier molecular flexibility index (Phi) is 28.5. The predicted octanol–water partition coefficient (Wildman–Crippen LogP) is 7.04. The van der Waals surface area contributed by atoms with E-state index in [0.717, 1.165) is 12.8 Å². The molecular formula is C20H44NaO3P. The molecule has 0 aromatic carbocycles. The van der Waals surface area contributed by atoms with Crippen LogP contribution in [0.25, 0.3) is 0 Å². The molecule has 0 amide bonds. The fraction of sp³-hybridized carbons (Fsp3) is 1.00. The topological polar surface area (TPSA) is 35.5 Å². The van der Waals surface area contributed by atoms with E-state index in [1.165, 1.54) is 89.9 Å². The molecule has 3 nitrogen and oxygen atoms in total. The molecule has 0 unspecified atom stereocenters. The fourth-order valence-electron chi connectivity index (χ4n) is 2.82. The van der Waals surface area contributed by atoms with Gasteiger partial charge in [-0.2, -0.15) is 0 Å². The number of rotatable bonds is 20. The Balaban J connectivity index is 0. The van der Waals surface area contributed by atoms with Crippen LogP contribution in [0.3, 0.4) is 0 Å². The molecule has 0 rings (SSSR count). The Bertz CT molecular complexity index is 241. The second-order valence-corrected chi connectivity index (χ2v) is 7.97. The maximum atomic E-state index is 11.6. The second kappa shape index (κ2) is 25.1. The van der Waals surface area contributed by atoms with Gasteiger partial charge in [-0.05, 0) is 12.8 Å². The molecule has 0 N–H and O–H groups in total. The van der Waals surface area contributed by atoms with Gasteiger partial charge in [-0.15, -0.1) is 0 Å². The SMILES string of the molecule is CCCCCCCCCCO[PH](=O)OCCCCCCCCCC.[NaH]. The normalized spacial score (nSPS) is 11.0. The van der Waals surface area contributed by atoms with E-state index in [0.29, 0.717) is 13.2 Å². The van der Waals surface area contributed by atoms with Crippen molar-refractivity contribution in [3.63, 3.8) is 0 Å². The van der Waals surface area contributed by atoms with Crippen molar-refractivity contribution in [2.24, 2.45) is 0 Å². The molecule has 0 aromatic heterocycles. The van der Waals surface area contributed by atoms with E-state index >= 15 is 0 Å². The Labute approximate surface area is 180 Å². The average Bonchev–Trinajstić information content (AvgIpc) is 2.59. The van der Waals surface area contributed by atoms with Gasteiger partial charge in [0.25, 0.3) is 0 Å². The third-order valence-corrected chi connectivity index (χ3v) is 5.32. The molecular weight excluding hydrogens is 342 g/mol. The molecule has 0 atom stereocenters. The van der Waals surface area contributed by atoms with Crippen LogP contribution in [0.5, 0.6) is 0 Å². The fourth-order valence-corrected chi connectivity index (χ4v) is 3.53. The molecule has 0 aliphatic heterocycles. The summed E-state index contributed by atoms with van der Waals surface area (Å²) >= 11 is 0. The summed E-state index contributed by atoms with van der Waals surface area (Å²) in [6.07, 6.45) is 20.3. The third-order valence-electron chi connectivity index (χ3n) is 4.44. The van der Waals surface area contributed by atoms with Crippen LogP contribution in [0, 0.1) is 0 Å². The molecule has 5 heteroatoms. The van der Waals surface area contributed by atoms with Crippen LogP contribution >= 0.6 is 8.25 Å². The van der Waals surface area contributed by atoms with E-state index in [9.17, 15) is 4.57 Å². The summed E-state index contributed by atoms with van der Waals surface area (Å²) in [6.45, 7) is 5.67. The number of hydrogen-bond donors (Lipinski definition) is 0. The van der Waals surface area contributed by atoms with Crippen LogP contribution < -0.4 is 0 Å². The van der Waals surface area contributed by atoms with Crippen molar-refractivity contribution in [1.29, 1.82) is 0 Å². The zero-order valence-electron chi connectivity index (χ0n) is 16.5. The molecule has 0 aromatic rings. The van der Waals surface area contributed by atoms with Crippen molar-refractivity contribution in [2.45, 2.75) is 117 Å². The van der Waals surface area contributed by atoms with Gasteiger partial charge in [0.2, 0.25) is 0 Å². The molecule has 0 heterocycles. The van der Waals surface area contributed by atoms with Crippen molar-refractivity contribution in [3.05, 3.63) is 0 Å². The molecule has 0 aliphatic carbocycles. The van der Waals surface area contributed by atoms with Crippen molar-refractivity contribution in [2.75, 3.05) is 13.2 Å². The summed E-state index contributed by atoms with van der Waals surface area (Å²) < 4.78 is 22.2. The van der Waals surface area contributed by atoms with Gasteiger partial charge in [0.05, 0.1) is 13.2 Å². The van der Waals surface area contributed by atoms with Gasteiger partial charge in [-0.3, -0.25) is 4.57 Å². The molecule has 0 bridgehead atoms. The second-order valence-electron chi connectivity index (χ2n) is 6.90. The molecule has 0 saturated heterocycles. The van der Waals surface area contributed by atoms with E-state index in [4.69, 9.17) is 9.05 Å². The summed E-state index contributed by atoms with van der Waals surface area (Å²) in [5.74, 6) is 0. The van der Waals surface area contributed by atoms with Gasteiger partial charge >= 0.3 is 37.8 Å². The van der Waals surface area contributed by atoms with E-state index in [-0.39, 0.29) is 29.6 Å². The first-order chi connectivity index (χ1) is 11.8. The minimum absolute atomic E-state index is 0. The quantitative estimate of drug-likeness (QED) is 0.128. The van der Waals surface area contributed by atoms with Gasteiger partial charge < -0.3 is 9.05 Å². The zero-order chi connectivity index (χ0) is 17.7.